The summed E-state index contributed by atoms with van der Waals surface area (Å²) in [6.45, 7) is 9.05. The largest absolute Gasteiger partial charge is 0.369 e. The lowest BCUT2D eigenvalue weighted by Crippen LogP contribution is -2.43. The third-order valence-corrected chi connectivity index (χ3v) is 4.85. The molecule has 1 saturated heterocycles. The van der Waals surface area contributed by atoms with Crippen LogP contribution in [0.1, 0.15) is 38.8 Å². The van der Waals surface area contributed by atoms with E-state index in [9.17, 15) is 0 Å². The summed E-state index contributed by atoms with van der Waals surface area (Å²) in [7, 11) is 0. The Bertz CT molecular complexity index is 386. The monoisotopic (exact) mass is 264 g/mol. The first-order valence-electron chi connectivity index (χ1n) is 6.76. The second kappa shape index (κ2) is 5.54. The lowest BCUT2D eigenvalue weighted by Gasteiger charge is -2.39. The highest BCUT2D eigenvalue weighted by atomic mass is 32.2. The van der Waals surface area contributed by atoms with Crippen molar-refractivity contribution in [3.05, 3.63) is 29.8 Å². The van der Waals surface area contributed by atoms with Crippen LogP contribution in [0.15, 0.2) is 24.3 Å². The Morgan fingerprint density at radius 2 is 2.00 bits per heavy atom. The smallest absolute Gasteiger partial charge is 0.0367 e. The maximum absolute atomic E-state index is 6.05. The first-order valence-corrected chi connectivity index (χ1v) is 7.75. The Morgan fingerprint density at radius 1 is 1.33 bits per heavy atom. The summed E-state index contributed by atoms with van der Waals surface area (Å²) in [5.41, 5.74) is 8.62. The van der Waals surface area contributed by atoms with E-state index in [0.29, 0.717) is 4.75 Å². The summed E-state index contributed by atoms with van der Waals surface area (Å²) < 4.78 is 0.358. The van der Waals surface area contributed by atoms with Gasteiger partial charge in [-0.1, -0.05) is 19.1 Å². The first-order chi connectivity index (χ1) is 8.52. The van der Waals surface area contributed by atoms with Gasteiger partial charge in [0.15, 0.2) is 0 Å². The zero-order valence-corrected chi connectivity index (χ0v) is 12.5. The maximum atomic E-state index is 6.05. The molecule has 0 amide bonds. The van der Waals surface area contributed by atoms with Crippen LogP contribution >= 0.6 is 11.8 Å². The molecule has 100 valence electrons. The van der Waals surface area contributed by atoms with Crippen molar-refractivity contribution in [2.75, 3.05) is 23.7 Å². The SMILES string of the molecule is CC[C@H](N)c1ccc(N2CCSC(C)(C)C2)cc1. The van der Waals surface area contributed by atoms with Crippen LogP contribution in [0, 0.1) is 0 Å². The molecule has 2 rings (SSSR count). The average Bonchev–Trinajstić information content (AvgIpc) is 2.37. The molecule has 1 aromatic rings. The van der Waals surface area contributed by atoms with Gasteiger partial charge in [0.1, 0.15) is 0 Å². The van der Waals surface area contributed by atoms with Gasteiger partial charge in [0, 0.05) is 35.3 Å². The Kier molecular flexibility index (Phi) is 4.23. The standard InChI is InChI=1S/C15H24N2S/c1-4-14(16)12-5-7-13(8-6-12)17-9-10-18-15(2,3)11-17/h5-8,14H,4,9-11,16H2,1-3H3/t14-/m0/s1. The van der Waals surface area contributed by atoms with E-state index in [1.807, 2.05) is 0 Å². The second-order valence-corrected chi connectivity index (χ2v) is 7.44. The van der Waals surface area contributed by atoms with E-state index in [-0.39, 0.29) is 6.04 Å². The molecular weight excluding hydrogens is 240 g/mol. The van der Waals surface area contributed by atoms with Crippen molar-refractivity contribution in [3.63, 3.8) is 0 Å². The molecule has 0 bridgehead atoms. The van der Waals surface area contributed by atoms with Gasteiger partial charge >= 0.3 is 0 Å². The highest BCUT2D eigenvalue weighted by Crippen LogP contribution is 2.32. The van der Waals surface area contributed by atoms with E-state index in [2.05, 4.69) is 61.7 Å². The van der Waals surface area contributed by atoms with Crippen LogP contribution in [0.5, 0.6) is 0 Å². The maximum Gasteiger partial charge on any atom is 0.0367 e. The van der Waals surface area contributed by atoms with Crippen LogP contribution in [0.4, 0.5) is 5.69 Å². The Hall–Kier alpha value is -0.670. The number of hydrogen-bond donors (Lipinski definition) is 1. The molecule has 3 heteroatoms. The number of nitrogens with two attached hydrogens (primary N) is 1. The summed E-state index contributed by atoms with van der Waals surface area (Å²) in [5.74, 6) is 1.21. The van der Waals surface area contributed by atoms with E-state index >= 15 is 0 Å². The number of thioether (sulfide) groups is 1. The molecule has 0 saturated carbocycles. The zero-order chi connectivity index (χ0) is 13.2. The molecule has 18 heavy (non-hydrogen) atoms. The second-order valence-electron chi connectivity index (χ2n) is 5.64. The van der Waals surface area contributed by atoms with Crippen LogP contribution in [0.3, 0.4) is 0 Å². The molecule has 2 nitrogen and oxygen atoms in total. The van der Waals surface area contributed by atoms with E-state index in [0.717, 1.165) is 19.5 Å². The van der Waals surface area contributed by atoms with Gasteiger partial charge in [-0.15, -0.1) is 0 Å². The van der Waals surface area contributed by atoms with E-state index < -0.39 is 0 Å². The normalized spacial score (nSPS) is 20.8. The van der Waals surface area contributed by atoms with E-state index in [1.54, 1.807) is 0 Å². The molecule has 0 spiro atoms. The van der Waals surface area contributed by atoms with Crippen molar-refractivity contribution >= 4 is 17.4 Å². The lowest BCUT2D eigenvalue weighted by atomic mass is 10.0. The first kappa shape index (κ1) is 13.8. The minimum atomic E-state index is 0.174. The molecule has 1 atom stereocenters. The molecule has 0 aromatic heterocycles. The summed E-state index contributed by atoms with van der Waals surface area (Å²) in [5, 5.41) is 0. The van der Waals surface area contributed by atoms with Crippen molar-refractivity contribution < 1.29 is 0 Å². The molecule has 1 heterocycles. The summed E-state index contributed by atoms with van der Waals surface area (Å²) in [6, 6.07) is 8.97. The van der Waals surface area contributed by atoms with Crippen LogP contribution in [0.2, 0.25) is 0 Å². The van der Waals surface area contributed by atoms with Crippen molar-refractivity contribution in [2.45, 2.75) is 38.0 Å². The van der Waals surface area contributed by atoms with Gasteiger partial charge < -0.3 is 10.6 Å². The molecule has 0 aliphatic carbocycles. The lowest BCUT2D eigenvalue weighted by molar-refractivity contribution is 0.647. The Balaban J connectivity index is 2.09. The fourth-order valence-electron chi connectivity index (χ4n) is 2.40. The number of nitrogens with zero attached hydrogens (tertiary/aromatic N) is 1. The Labute approximate surface area is 115 Å². The highest BCUT2D eigenvalue weighted by Gasteiger charge is 2.27. The number of anilines is 1. The van der Waals surface area contributed by atoms with Crippen LogP contribution in [-0.2, 0) is 0 Å². The van der Waals surface area contributed by atoms with Crippen molar-refractivity contribution in [1.29, 1.82) is 0 Å². The van der Waals surface area contributed by atoms with E-state index in [4.69, 9.17) is 5.73 Å². The minimum Gasteiger partial charge on any atom is -0.369 e. The van der Waals surface area contributed by atoms with Gasteiger partial charge in [-0.25, -0.2) is 0 Å². The predicted octanol–water partition coefficient (Wildman–Crippen LogP) is 3.43. The Morgan fingerprint density at radius 3 is 2.56 bits per heavy atom. The van der Waals surface area contributed by atoms with Gasteiger partial charge in [0.25, 0.3) is 0 Å². The van der Waals surface area contributed by atoms with E-state index in [1.165, 1.54) is 17.0 Å². The summed E-state index contributed by atoms with van der Waals surface area (Å²) in [6.07, 6.45) is 0.993. The third-order valence-electron chi connectivity index (χ3n) is 3.55. The number of benzene rings is 1. The van der Waals surface area contributed by atoms with Crippen molar-refractivity contribution in [2.24, 2.45) is 5.73 Å². The van der Waals surface area contributed by atoms with Gasteiger partial charge in [-0.2, -0.15) is 11.8 Å². The van der Waals surface area contributed by atoms with Crippen LogP contribution in [0.25, 0.3) is 0 Å². The number of rotatable bonds is 3. The molecule has 0 unspecified atom stereocenters. The zero-order valence-electron chi connectivity index (χ0n) is 11.6. The summed E-state index contributed by atoms with van der Waals surface area (Å²) in [4.78, 5) is 2.48. The fourth-order valence-corrected chi connectivity index (χ4v) is 3.52. The van der Waals surface area contributed by atoms with Crippen molar-refractivity contribution in [1.82, 2.24) is 0 Å². The van der Waals surface area contributed by atoms with Gasteiger partial charge in [-0.3, -0.25) is 0 Å². The molecule has 1 aliphatic heterocycles. The highest BCUT2D eigenvalue weighted by molar-refractivity contribution is 8.00. The topological polar surface area (TPSA) is 29.3 Å². The molecule has 1 aliphatic rings. The number of hydrogen-bond acceptors (Lipinski definition) is 3. The fraction of sp³-hybridized carbons (Fsp3) is 0.600. The van der Waals surface area contributed by atoms with Gasteiger partial charge in [0.2, 0.25) is 0 Å². The van der Waals surface area contributed by atoms with Crippen LogP contribution < -0.4 is 10.6 Å². The van der Waals surface area contributed by atoms with Gasteiger partial charge in [-0.05, 0) is 38.0 Å². The molecule has 1 aromatic carbocycles. The average molecular weight is 264 g/mol. The molecule has 1 fully saturated rings. The molecule has 2 N–H and O–H groups in total. The minimum absolute atomic E-state index is 0.174. The molecule has 0 radical (unpaired) electrons. The quantitative estimate of drug-likeness (QED) is 0.907. The molecular formula is C15H24N2S. The summed E-state index contributed by atoms with van der Waals surface area (Å²) >= 11 is 2.07. The van der Waals surface area contributed by atoms with Gasteiger partial charge in [0.05, 0.1) is 0 Å². The predicted molar refractivity (Wildman–Crippen MR) is 82.4 cm³/mol. The van der Waals surface area contributed by atoms with Crippen molar-refractivity contribution in [3.8, 4) is 0 Å². The van der Waals surface area contributed by atoms with Crippen LogP contribution in [-0.4, -0.2) is 23.6 Å². The third kappa shape index (κ3) is 3.21.